The zero-order chi connectivity index (χ0) is 27.1. The van der Waals surface area contributed by atoms with E-state index in [4.69, 9.17) is 18.9 Å². The molecule has 206 valence electrons. The van der Waals surface area contributed by atoms with Crippen LogP contribution >= 0.6 is 0 Å². The Balaban J connectivity index is 1.68. The molecular formula is C24H38O12. The summed E-state index contributed by atoms with van der Waals surface area (Å²) in [5, 5.41) is 71.8. The molecule has 0 unspecified atom stereocenters. The summed E-state index contributed by atoms with van der Waals surface area (Å²) in [4.78, 5) is 11.4. The largest absolute Gasteiger partial charge is 0.393 e. The maximum absolute atomic E-state index is 11.4. The summed E-state index contributed by atoms with van der Waals surface area (Å²) in [7, 11) is 0. The molecule has 12 heteroatoms. The van der Waals surface area contributed by atoms with Crippen LogP contribution in [0, 0.1) is 5.41 Å². The Labute approximate surface area is 209 Å². The summed E-state index contributed by atoms with van der Waals surface area (Å²) >= 11 is 0. The molecule has 0 aromatic rings. The molecule has 3 fully saturated rings. The van der Waals surface area contributed by atoms with Crippen LogP contribution in [0.4, 0.5) is 0 Å². The lowest BCUT2D eigenvalue weighted by Crippen LogP contribution is -2.61. The van der Waals surface area contributed by atoms with Crippen LogP contribution in [0.25, 0.3) is 0 Å². The van der Waals surface area contributed by atoms with Crippen LogP contribution in [0.5, 0.6) is 0 Å². The molecular weight excluding hydrogens is 480 g/mol. The van der Waals surface area contributed by atoms with Crippen LogP contribution in [-0.2, 0) is 23.7 Å². The molecule has 0 amide bonds. The van der Waals surface area contributed by atoms with Gasteiger partial charge in [-0.25, -0.2) is 0 Å². The zero-order valence-corrected chi connectivity index (χ0v) is 20.9. The van der Waals surface area contributed by atoms with Gasteiger partial charge < -0.3 is 54.7 Å². The number of hydrogen-bond acceptors (Lipinski definition) is 12. The van der Waals surface area contributed by atoms with E-state index in [1.807, 2.05) is 13.8 Å². The van der Waals surface area contributed by atoms with Crippen LogP contribution in [0.3, 0.4) is 0 Å². The van der Waals surface area contributed by atoms with Gasteiger partial charge in [0, 0.05) is 18.1 Å². The molecule has 36 heavy (non-hydrogen) atoms. The van der Waals surface area contributed by atoms with Crippen molar-refractivity contribution in [2.75, 3.05) is 19.8 Å². The topological polar surface area (TPSA) is 196 Å². The van der Waals surface area contributed by atoms with Crippen molar-refractivity contribution in [3.8, 4) is 0 Å². The number of rotatable bonds is 7. The molecule has 12 nitrogen and oxygen atoms in total. The Morgan fingerprint density at radius 3 is 2.31 bits per heavy atom. The minimum Gasteiger partial charge on any atom is -0.393 e. The summed E-state index contributed by atoms with van der Waals surface area (Å²) in [5.41, 5.74) is -0.448. The predicted octanol–water partition coefficient (Wildman–Crippen LogP) is -2.12. The first-order chi connectivity index (χ1) is 16.6. The second-order valence-electron chi connectivity index (χ2n) is 10.8. The standard InChI is InChI=1S/C24H38O12/c1-12(26)5-6-15-22(2,3)7-13(8-23(15,4)31)35-20-18(29)17(28)16(27)14(36-20)9-33-21-19(30)24(32,10-25)11-34-21/h5,13-14,16-21,25,27-32H,7-11H2,1-4H3/t6?,13-,14+,16+,17-,18+,19-,20+,21+,23+,24+/m0/s1. The lowest BCUT2D eigenvalue weighted by atomic mass is 9.65. The minimum absolute atomic E-state index is 0.0960. The Morgan fingerprint density at radius 1 is 1.08 bits per heavy atom. The van der Waals surface area contributed by atoms with Gasteiger partial charge in [-0.05, 0) is 25.7 Å². The third-order valence-corrected chi connectivity index (χ3v) is 7.00. The fourth-order valence-corrected chi connectivity index (χ4v) is 5.12. The average molecular weight is 519 g/mol. The number of aliphatic hydroxyl groups is 7. The fourth-order valence-electron chi connectivity index (χ4n) is 5.12. The second kappa shape index (κ2) is 10.9. The Hall–Kier alpha value is -1.25. The van der Waals surface area contributed by atoms with Gasteiger partial charge in [0.1, 0.15) is 36.1 Å². The SMILES string of the molecule is CC(=O)C=C=C1C(C)(C)C[C@H](O[C@@H]2O[C@H](CO[C@@H]3OC[C@](O)(CO)[C@H]3O)[C@@H](O)[C@H](O)[C@H]2O)C[C@@]1(C)O. The van der Waals surface area contributed by atoms with Crippen molar-refractivity contribution in [2.24, 2.45) is 5.41 Å². The number of ketones is 1. The molecule has 0 bridgehead atoms. The number of aliphatic hydroxyl groups excluding tert-OH is 5. The highest BCUT2D eigenvalue weighted by Gasteiger charge is 2.51. The molecule has 3 aliphatic rings. The Kier molecular flexibility index (Phi) is 8.84. The number of carbonyl (C=O) groups excluding carboxylic acids is 1. The lowest BCUT2D eigenvalue weighted by molar-refractivity contribution is -0.323. The molecule has 0 radical (unpaired) electrons. The van der Waals surface area contributed by atoms with Crippen LogP contribution in [0.1, 0.15) is 40.5 Å². The summed E-state index contributed by atoms with van der Waals surface area (Å²) in [6.45, 7) is 5.17. The van der Waals surface area contributed by atoms with Gasteiger partial charge in [0.2, 0.25) is 0 Å². The van der Waals surface area contributed by atoms with Gasteiger partial charge in [-0.1, -0.05) is 13.8 Å². The van der Waals surface area contributed by atoms with Crippen molar-refractivity contribution >= 4 is 5.78 Å². The van der Waals surface area contributed by atoms with Crippen molar-refractivity contribution in [1.29, 1.82) is 0 Å². The fraction of sp³-hybridized carbons (Fsp3) is 0.833. The maximum Gasteiger partial charge on any atom is 0.186 e. The molecule has 1 aliphatic carbocycles. The van der Waals surface area contributed by atoms with Crippen molar-refractivity contribution in [3.63, 3.8) is 0 Å². The van der Waals surface area contributed by atoms with E-state index in [1.54, 1.807) is 6.92 Å². The van der Waals surface area contributed by atoms with Gasteiger partial charge in [-0.3, -0.25) is 4.79 Å². The minimum atomic E-state index is -1.89. The van der Waals surface area contributed by atoms with E-state index in [2.05, 4.69) is 5.73 Å². The first-order valence-corrected chi connectivity index (χ1v) is 11.9. The summed E-state index contributed by atoms with van der Waals surface area (Å²) in [5.74, 6) is -0.205. The number of carbonyl (C=O) groups is 1. The van der Waals surface area contributed by atoms with E-state index in [9.17, 15) is 40.5 Å². The van der Waals surface area contributed by atoms with Crippen LogP contribution < -0.4 is 0 Å². The molecule has 2 heterocycles. The van der Waals surface area contributed by atoms with Gasteiger partial charge in [-0.2, -0.15) is 0 Å². The average Bonchev–Trinajstić information content (AvgIpc) is 3.06. The first kappa shape index (κ1) is 29.3. The number of hydrogen-bond donors (Lipinski definition) is 7. The molecule has 2 saturated heterocycles. The van der Waals surface area contributed by atoms with Gasteiger partial charge in [0.25, 0.3) is 0 Å². The van der Waals surface area contributed by atoms with Gasteiger partial charge in [0.15, 0.2) is 18.4 Å². The Morgan fingerprint density at radius 2 is 1.75 bits per heavy atom. The molecule has 7 N–H and O–H groups in total. The molecule has 10 atom stereocenters. The summed E-state index contributed by atoms with van der Waals surface area (Å²) < 4.78 is 22.2. The van der Waals surface area contributed by atoms with Crippen molar-refractivity contribution in [3.05, 3.63) is 17.4 Å². The highest BCUT2D eigenvalue weighted by molar-refractivity contribution is 5.87. The quantitative estimate of drug-likeness (QED) is 0.143. The maximum atomic E-state index is 11.4. The van der Waals surface area contributed by atoms with Gasteiger partial charge >= 0.3 is 0 Å². The summed E-state index contributed by atoms with van der Waals surface area (Å²) in [6, 6.07) is 0. The van der Waals surface area contributed by atoms with Gasteiger partial charge in [-0.15, -0.1) is 5.73 Å². The van der Waals surface area contributed by atoms with E-state index in [-0.39, 0.29) is 18.8 Å². The van der Waals surface area contributed by atoms with Crippen LogP contribution in [0.2, 0.25) is 0 Å². The normalized spacial score (nSPS) is 44.8. The smallest absolute Gasteiger partial charge is 0.186 e. The highest BCUT2D eigenvalue weighted by atomic mass is 16.7. The van der Waals surface area contributed by atoms with E-state index < -0.39 is 79.0 Å². The van der Waals surface area contributed by atoms with Crippen molar-refractivity contribution in [1.82, 2.24) is 0 Å². The van der Waals surface area contributed by atoms with E-state index in [1.165, 1.54) is 13.0 Å². The molecule has 3 rings (SSSR count). The van der Waals surface area contributed by atoms with Crippen LogP contribution in [-0.4, -0.2) is 122 Å². The Bertz CT molecular complexity index is 845. The van der Waals surface area contributed by atoms with E-state index >= 15 is 0 Å². The third kappa shape index (κ3) is 6.07. The van der Waals surface area contributed by atoms with Gasteiger partial charge in [0.05, 0.1) is 31.5 Å². The monoisotopic (exact) mass is 518 g/mol. The third-order valence-electron chi connectivity index (χ3n) is 7.00. The molecule has 0 spiro atoms. The van der Waals surface area contributed by atoms with Crippen molar-refractivity contribution in [2.45, 2.75) is 101 Å². The van der Waals surface area contributed by atoms with E-state index in [0.29, 0.717) is 12.0 Å². The van der Waals surface area contributed by atoms with E-state index in [0.717, 1.165) is 0 Å². The zero-order valence-electron chi connectivity index (χ0n) is 20.9. The molecule has 1 saturated carbocycles. The highest BCUT2D eigenvalue weighted by Crippen LogP contribution is 2.46. The number of ether oxygens (including phenoxy) is 4. The lowest BCUT2D eigenvalue weighted by Gasteiger charge is -2.47. The summed E-state index contributed by atoms with van der Waals surface area (Å²) in [6.07, 6.45) is -9.14. The predicted molar refractivity (Wildman–Crippen MR) is 121 cm³/mol. The first-order valence-electron chi connectivity index (χ1n) is 11.9. The van der Waals surface area contributed by atoms with Crippen molar-refractivity contribution < 1.29 is 59.5 Å². The van der Waals surface area contributed by atoms with Crippen LogP contribution in [0.15, 0.2) is 17.4 Å². The molecule has 0 aromatic carbocycles. The second-order valence-corrected chi connectivity index (χ2v) is 10.8. The molecule has 2 aliphatic heterocycles. The molecule has 0 aromatic heterocycles.